The molecular weight excluding hydrogens is 731 g/mol. The number of aliphatic hydroxyl groups excluding tert-OH is 2. The fourth-order valence-corrected chi connectivity index (χ4v) is 7.90. The molecule has 0 aliphatic rings. The molecule has 0 aliphatic heterocycles. The highest BCUT2D eigenvalue weighted by Crippen LogP contribution is 2.18. The zero-order valence-electron chi connectivity index (χ0n) is 39.4. The molecule has 0 aromatic rings. The van der Waals surface area contributed by atoms with Crippen molar-refractivity contribution in [3.63, 3.8) is 0 Å². The molecule has 0 bridgehead atoms. The lowest BCUT2D eigenvalue weighted by Crippen LogP contribution is -2.46. The van der Waals surface area contributed by atoms with Gasteiger partial charge in [-0.3, -0.25) is 9.59 Å². The molecule has 6 nitrogen and oxygen atoms in total. The van der Waals surface area contributed by atoms with Gasteiger partial charge in [-0.1, -0.05) is 243 Å². The van der Waals surface area contributed by atoms with Crippen molar-refractivity contribution in [2.45, 2.75) is 283 Å². The third-order valence-electron chi connectivity index (χ3n) is 11.8. The van der Waals surface area contributed by atoms with Crippen LogP contribution in [-0.4, -0.2) is 46.9 Å². The van der Waals surface area contributed by atoms with Crippen molar-refractivity contribution in [1.82, 2.24) is 5.32 Å². The van der Waals surface area contributed by atoms with Gasteiger partial charge in [0.25, 0.3) is 0 Å². The first-order valence-electron chi connectivity index (χ1n) is 25.7. The van der Waals surface area contributed by atoms with E-state index in [-0.39, 0.29) is 24.9 Å². The standard InChI is InChI=1S/C53H99NO5/c1-4-7-10-13-16-19-21-23-24-25-26-27-29-31-34-37-40-43-46-53(58)59-49(44-41-38-35-33-30-28-22-20-17-14-11-8-5-2)47-52(57)54-50(48-55)51(56)45-42-39-36-32-18-15-12-9-6-3/h8,11,14,17,20,22,49-51,55-56H,4-7,9-10,12-13,15-16,18-19,21,23-48H2,1-3H3,(H,54,57)/b11-8+,17-14+,22-20+. The summed E-state index contributed by atoms with van der Waals surface area (Å²) in [6.07, 6.45) is 55.0. The number of carbonyl (C=O) groups excluding carboxylic acids is 2. The monoisotopic (exact) mass is 830 g/mol. The molecule has 1 amide bonds. The van der Waals surface area contributed by atoms with Gasteiger partial charge in [0.05, 0.1) is 25.2 Å². The second kappa shape index (κ2) is 47.1. The Hall–Kier alpha value is -1.92. The van der Waals surface area contributed by atoms with Gasteiger partial charge >= 0.3 is 5.97 Å². The zero-order chi connectivity index (χ0) is 43.1. The molecule has 59 heavy (non-hydrogen) atoms. The molecule has 0 aliphatic carbocycles. The highest BCUT2D eigenvalue weighted by Gasteiger charge is 2.24. The predicted molar refractivity (Wildman–Crippen MR) is 255 cm³/mol. The molecule has 0 saturated carbocycles. The normalized spacial score (nSPS) is 13.5. The first kappa shape index (κ1) is 57.1. The summed E-state index contributed by atoms with van der Waals surface area (Å²) in [5.74, 6) is -0.485. The molecule has 0 radical (unpaired) electrons. The quantitative estimate of drug-likeness (QED) is 0.0323. The molecular formula is C53H99NO5. The van der Waals surface area contributed by atoms with Crippen LogP contribution in [0.3, 0.4) is 0 Å². The van der Waals surface area contributed by atoms with Crippen molar-refractivity contribution >= 4 is 11.9 Å². The van der Waals surface area contributed by atoms with Gasteiger partial charge in [-0.2, -0.15) is 0 Å². The molecule has 346 valence electrons. The molecule has 0 aromatic heterocycles. The molecule has 3 N–H and O–H groups in total. The zero-order valence-corrected chi connectivity index (χ0v) is 39.4. The Bertz CT molecular complexity index is 977. The minimum Gasteiger partial charge on any atom is -0.462 e. The minimum absolute atomic E-state index is 0.0673. The summed E-state index contributed by atoms with van der Waals surface area (Å²) in [6, 6.07) is -0.704. The number of unbranched alkanes of at least 4 members (excludes halogenated alkanes) is 30. The number of hydrogen-bond acceptors (Lipinski definition) is 5. The maximum atomic E-state index is 13.2. The van der Waals surface area contributed by atoms with Crippen molar-refractivity contribution in [2.75, 3.05) is 6.61 Å². The average molecular weight is 830 g/mol. The third-order valence-corrected chi connectivity index (χ3v) is 11.8. The first-order chi connectivity index (χ1) is 29.0. The molecule has 3 unspecified atom stereocenters. The Morgan fingerprint density at radius 1 is 0.508 bits per heavy atom. The predicted octanol–water partition coefficient (Wildman–Crippen LogP) is 15.3. The number of ether oxygens (including phenoxy) is 1. The fraction of sp³-hybridized carbons (Fsp3) is 0.849. The van der Waals surface area contributed by atoms with E-state index in [4.69, 9.17) is 4.74 Å². The van der Waals surface area contributed by atoms with E-state index in [1.165, 1.54) is 135 Å². The van der Waals surface area contributed by atoms with E-state index in [1.807, 2.05) is 0 Å². The Labute approximate surface area is 366 Å². The number of esters is 1. The topological polar surface area (TPSA) is 95.9 Å². The van der Waals surface area contributed by atoms with Gasteiger partial charge in [0.15, 0.2) is 0 Å². The summed E-state index contributed by atoms with van der Waals surface area (Å²) >= 11 is 0. The Balaban J connectivity index is 4.51. The molecule has 0 spiro atoms. The summed E-state index contributed by atoms with van der Waals surface area (Å²) in [4.78, 5) is 26.1. The molecule has 0 saturated heterocycles. The number of amides is 1. The van der Waals surface area contributed by atoms with E-state index in [9.17, 15) is 19.8 Å². The van der Waals surface area contributed by atoms with Crippen molar-refractivity contribution in [3.05, 3.63) is 36.5 Å². The Morgan fingerprint density at radius 2 is 0.915 bits per heavy atom. The largest absolute Gasteiger partial charge is 0.462 e. The van der Waals surface area contributed by atoms with Crippen LogP contribution in [0.2, 0.25) is 0 Å². The van der Waals surface area contributed by atoms with E-state index < -0.39 is 18.2 Å². The van der Waals surface area contributed by atoms with Crippen LogP contribution in [0.5, 0.6) is 0 Å². The summed E-state index contributed by atoms with van der Waals surface area (Å²) in [7, 11) is 0. The first-order valence-corrected chi connectivity index (χ1v) is 25.7. The molecule has 0 fully saturated rings. The van der Waals surface area contributed by atoms with Gasteiger partial charge in [-0.25, -0.2) is 0 Å². The van der Waals surface area contributed by atoms with E-state index in [1.54, 1.807) is 0 Å². The van der Waals surface area contributed by atoms with Gasteiger partial charge < -0.3 is 20.3 Å². The average Bonchev–Trinajstić information content (AvgIpc) is 3.23. The van der Waals surface area contributed by atoms with Crippen LogP contribution in [0.4, 0.5) is 0 Å². The minimum atomic E-state index is -0.789. The lowest BCUT2D eigenvalue weighted by Gasteiger charge is -2.24. The number of aliphatic hydroxyl groups is 2. The fourth-order valence-electron chi connectivity index (χ4n) is 7.90. The molecule has 6 heteroatoms. The number of nitrogens with one attached hydrogen (secondary N) is 1. The molecule has 3 atom stereocenters. The van der Waals surface area contributed by atoms with Crippen LogP contribution in [-0.2, 0) is 14.3 Å². The molecule has 0 heterocycles. The van der Waals surface area contributed by atoms with Gasteiger partial charge in [0.2, 0.25) is 5.91 Å². The van der Waals surface area contributed by atoms with Gasteiger partial charge in [-0.15, -0.1) is 0 Å². The highest BCUT2D eigenvalue weighted by atomic mass is 16.5. The van der Waals surface area contributed by atoms with Crippen molar-refractivity contribution in [2.24, 2.45) is 0 Å². The number of hydrogen-bond donors (Lipinski definition) is 3. The van der Waals surface area contributed by atoms with E-state index >= 15 is 0 Å². The van der Waals surface area contributed by atoms with E-state index in [0.717, 1.165) is 83.5 Å². The van der Waals surface area contributed by atoms with Gasteiger partial charge in [-0.05, 0) is 44.9 Å². The van der Waals surface area contributed by atoms with E-state index in [2.05, 4.69) is 62.5 Å². The smallest absolute Gasteiger partial charge is 0.306 e. The SMILES string of the molecule is CC/C=C/C=C/C=C/CCCCCCCC(CC(=O)NC(CO)C(O)CCCCCCCCCCC)OC(=O)CCCCCCCCCCCCCCCCCCCC. The third kappa shape index (κ3) is 42.6. The van der Waals surface area contributed by atoms with Crippen molar-refractivity contribution in [1.29, 1.82) is 0 Å². The summed E-state index contributed by atoms with van der Waals surface area (Å²) in [5, 5.41) is 23.7. The second-order valence-electron chi connectivity index (χ2n) is 17.6. The van der Waals surface area contributed by atoms with Crippen molar-refractivity contribution < 1.29 is 24.5 Å². The van der Waals surface area contributed by atoms with Crippen LogP contribution in [0.15, 0.2) is 36.5 Å². The van der Waals surface area contributed by atoms with Crippen molar-refractivity contribution in [3.8, 4) is 0 Å². The van der Waals surface area contributed by atoms with Gasteiger partial charge in [0, 0.05) is 6.42 Å². The van der Waals surface area contributed by atoms with Crippen LogP contribution >= 0.6 is 0 Å². The Kier molecular flexibility index (Phi) is 45.6. The molecule has 0 aromatic carbocycles. The van der Waals surface area contributed by atoms with Gasteiger partial charge in [0.1, 0.15) is 6.10 Å². The van der Waals surface area contributed by atoms with Crippen LogP contribution < -0.4 is 5.32 Å². The second-order valence-corrected chi connectivity index (χ2v) is 17.6. The number of rotatable bonds is 46. The molecule has 0 rings (SSSR count). The number of allylic oxidation sites excluding steroid dienone is 6. The summed E-state index contributed by atoms with van der Waals surface area (Å²) in [5.41, 5.74) is 0. The number of carbonyl (C=O) groups is 2. The maximum Gasteiger partial charge on any atom is 0.306 e. The Morgan fingerprint density at radius 3 is 1.37 bits per heavy atom. The van der Waals surface area contributed by atoms with Crippen LogP contribution in [0.1, 0.15) is 265 Å². The van der Waals surface area contributed by atoms with Crippen LogP contribution in [0, 0.1) is 0 Å². The lowest BCUT2D eigenvalue weighted by atomic mass is 10.0. The maximum absolute atomic E-state index is 13.2. The van der Waals surface area contributed by atoms with Crippen LogP contribution in [0.25, 0.3) is 0 Å². The van der Waals surface area contributed by atoms with E-state index in [0.29, 0.717) is 19.3 Å². The summed E-state index contributed by atoms with van der Waals surface area (Å²) < 4.78 is 5.93. The summed E-state index contributed by atoms with van der Waals surface area (Å²) in [6.45, 7) is 6.34. The lowest BCUT2D eigenvalue weighted by molar-refractivity contribution is -0.151. The highest BCUT2D eigenvalue weighted by molar-refractivity contribution is 5.77.